The van der Waals surface area contributed by atoms with E-state index < -0.39 is 0 Å². The first-order valence-corrected chi connectivity index (χ1v) is 7.18. The minimum absolute atomic E-state index is 0.198. The zero-order valence-corrected chi connectivity index (χ0v) is 12.8. The molecule has 2 rings (SSSR count). The molecule has 0 aliphatic heterocycles. The zero-order chi connectivity index (χ0) is 15.1. The van der Waals surface area contributed by atoms with Crippen LogP contribution in [0, 0.1) is 0 Å². The fraction of sp³-hybridized carbons (Fsp3) is 0.353. The van der Waals surface area contributed by atoms with E-state index in [0.29, 0.717) is 6.61 Å². The Morgan fingerprint density at radius 2 is 2.05 bits per heavy atom. The molecule has 1 aromatic carbocycles. The minimum atomic E-state index is 0.198. The van der Waals surface area contributed by atoms with Crippen molar-refractivity contribution in [3.05, 3.63) is 53.9 Å². The Labute approximate surface area is 126 Å². The number of benzene rings is 1. The second-order valence-corrected chi connectivity index (χ2v) is 4.78. The molecule has 1 atom stereocenters. The van der Waals surface area contributed by atoms with Crippen LogP contribution in [0.3, 0.4) is 0 Å². The largest absolute Gasteiger partial charge is 0.493 e. The van der Waals surface area contributed by atoms with E-state index >= 15 is 0 Å². The van der Waals surface area contributed by atoms with Gasteiger partial charge in [0.2, 0.25) is 0 Å². The molecule has 0 saturated heterocycles. The topological polar surface area (TPSA) is 43.4 Å². The van der Waals surface area contributed by atoms with Crippen LogP contribution in [0.4, 0.5) is 0 Å². The van der Waals surface area contributed by atoms with Crippen molar-refractivity contribution in [3.8, 4) is 11.5 Å². The van der Waals surface area contributed by atoms with E-state index in [2.05, 4.69) is 17.2 Å². The summed E-state index contributed by atoms with van der Waals surface area (Å²) in [4.78, 5) is 4.36. The molecule has 0 aliphatic rings. The molecular formula is C17H22N2O2. The summed E-state index contributed by atoms with van der Waals surface area (Å²) in [6.07, 6.45) is 1.81. The second-order valence-electron chi connectivity index (χ2n) is 4.78. The van der Waals surface area contributed by atoms with Crippen molar-refractivity contribution < 1.29 is 9.47 Å². The van der Waals surface area contributed by atoms with Crippen LogP contribution in [0.15, 0.2) is 42.6 Å². The first kappa shape index (κ1) is 15.3. The Morgan fingerprint density at radius 1 is 1.19 bits per heavy atom. The maximum Gasteiger partial charge on any atom is 0.161 e. The normalized spacial score (nSPS) is 12.0. The van der Waals surface area contributed by atoms with Crippen molar-refractivity contribution in [1.29, 1.82) is 0 Å². The van der Waals surface area contributed by atoms with Crippen LogP contribution in [0.2, 0.25) is 0 Å². The standard InChI is InChI=1S/C17H22N2O2/c1-4-21-16-9-8-14(11-17(16)20-3)12-19-13(2)15-7-5-6-10-18-15/h5-11,13,19H,4,12H2,1-3H3/t13-/m0/s1. The smallest absolute Gasteiger partial charge is 0.161 e. The highest BCUT2D eigenvalue weighted by Gasteiger charge is 2.08. The number of hydrogen-bond donors (Lipinski definition) is 1. The summed E-state index contributed by atoms with van der Waals surface area (Å²) < 4.78 is 10.9. The van der Waals surface area contributed by atoms with E-state index in [1.807, 2.05) is 49.5 Å². The number of aromatic nitrogens is 1. The molecule has 0 saturated carbocycles. The summed E-state index contributed by atoms with van der Waals surface area (Å²) in [7, 11) is 1.66. The highest BCUT2D eigenvalue weighted by Crippen LogP contribution is 2.28. The molecule has 0 aliphatic carbocycles. The fourth-order valence-corrected chi connectivity index (χ4v) is 2.10. The van der Waals surface area contributed by atoms with Crippen molar-refractivity contribution in [2.75, 3.05) is 13.7 Å². The Balaban J connectivity index is 2.00. The summed E-state index contributed by atoms with van der Waals surface area (Å²) in [6, 6.07) is 12.1. The molecule has 2 aromatic rings. The van der Waals surface area contributed by atoms with Gasteiger partial charge in [-0.15, -0.1) is 0 Å². The molecule has 4 nitrogen and oxygen atoms in total. The van der Waals surface area contributed by atoms with Gasteiger partial charge >= 0.3 is 0 Å². The van der Waals surface area contributed by atoms with Gasteiger partial charge in [-0.3, -0.25) is 4.98 Å². The summed E-state index contributed by atoms with van der Waals surface area (Å²) in [5.41, 5.74) is 2.19. The molecule has 0 fully saturated rings. The van der Waals surface area contributed by atoms with Crippen LogP contribution < -0.4 is 14.8 Å². The number of pyridine rings is 1. The van der Waals surface area contributed by atoms with Crippen LogP contribution in [0.1, 0.15) is 31.1 Å². The van der Waals surface area contributed by atoms with Gasteiger partial charge in [0, 0.05) is 18.8 Å². The van der Waals surface area contributed by atoms with Gasteiger partial charge in [-0.1, -0.05) is 12.1 Å². The Hall–Kier alpha value is -2.07. The Kier molecular flexibility index (Phi) is 5.58. The third-order valence-corrected chi connectivity index (χ3v) is 3.27. The van der Waals surface area contributed by atoms with Gasteiger partial charge in [-0.05, 0) is 43.7 Å². The molecule has 1 N–H and O–H groups in total. The summed E-state index contributed by atoms with van der Waals surface area (Å²) in [5.74, 6) is 1.54. The highest BCUT2D eigenvalue weighted by molar-refractivity contribution is 5.42. The van der Waals surface area contributed by atoms with Crippen LogP contribution in [0.25, 0.3) is 0 Å². The number of hydrogen-bond acceptors (Lipinski definition) is 4. The number of ether oxygens (including phenoxy) is 2. The SMILES string of the molecule is CCOc1ccc(CN[C@@H](C)c2ccccn2)cc1OC. The van der Waals surface area contributed by atoms with E-state index in [-0.39, 0.29) is 6.04 Å². The Morgan fingerprint density at radius 3 is 2.71 bits per heavy atom. The van der Waals surface area contributed by atoms with E-state index in [4.69, 9.17) is 9.47 Å². The maximum absolute atomic E-state index is 5.52. The van der Waals surface area contributed by atoms with Gasteiger partial charge in [-0.25, -0.2) is 0 Å². The summed E-state index contributed by atoms with van der Waals surface area (Å²) in [6.45, 7) is 5.45. The number of nitrogens with one attached hydrogen (secondary N) is 1. The minimum Gasteiger partial charge on any atom is -0.493 e. The Bertz CT molecular complexity index is 558. The first-order valence-electron chi connectivity index (χ1n) is 7.18. The van der Waals surface area contributed by atoms with Crippen molar-refractivity contribution in [3.63, 3.8) is 0 Å². The molecule has 112 valence electrons. The molecule has 4 heteroatoms. The van der Waals surface area contributed by atoms with E-state index in [1.54, 1.807) is 7.11 Å². The number of methoxy groups -OCH3 is 1. The van der Waals surface area contributed by atoms with Crippen LogP contribution in [-0.4, -0.2) is 18.7 Å². The van der Waals surface area contributed by atoms with Gasteiger partial charge in [0.15, 0.2) is 11.5 Å². The van der Waals surface area contributed by atoms with Gasteiger partial charge in [-0.2, -0.15) is 0 Å². The van der Waals surface area contributed by atoms with E-state index in [9.17, 15) is 0 Å². The van der Waals surface area contributed by atoms with Gasteiger partial charge < -0.3 is 14.8 Å². The predicted octanol–water partition coefficient (Wildman–Crippen LogP) is 3.34. The van der Waals surface area contributed by atoms with Crippen molar-refractivity contribution in [2.45, 2.75) is 26.4 Å². The zero-order valence-electron chi connectivity index (χ0n) is 12.8. The van der Waals surface area contributed by atoms with Crippen molar-refractivity contribution >= 4 is 0 Å². The first-order chi connectivity index (χ1) is 10.2. The third-order valence-electron chi connectivity index (χ3n) is 3.27. The van der Waals surface area contributed by atoms with Gasteiger partial charge in [0.1, 0.15) is 0 Å². The molecule has 0 radical (unpaired) electrons. The van der Waals surface area contributed by atoms with Crippen molar-refractivity contribution in [1.82, 2.24) is 10.3 Å². The maximum atomic E-state index is 5.52. The van der Waals surface area contributed by atoms with Crippen LogP contribution >= 0.6 is 0 Å². The quantitative estimate of drug-likeness (QED) is 0.847. The summed E-state index contributed by atoms with van der Waals surface area (Å²) in [5, 5.41) is 3.46. The molecule has 21 heavy (non-hydrogen) atoms. The molecule has 0 unspecified atom stereocenters. The molecule has 0 amide bonds. The number of nitrogens with zero attached hydrogens (tertiary/aromatic N) is 1. The van der Waals surface area contributed by atoms with Crippen LogP contribution in [0.5, 0.6) is 11.5 Å². The lowest BCUT2D eigenvalue weighted by Gasteiger charge is -2.15. The summed E-state index contributed by atoms with van der Waals surface area (Å²) >= 11 is 0. The highest BCUT2D eigenvalue weighted by atomic mass is 16.5. The molecule has 1 heterocycles. The monoisotopic (exact) mass is 286 g/mol. The van der Waals surface area contributed by atoms with Crippen LogP contribution in [-0.2, 0) is 6.54 Å². The second kappa shape index (κ2) is 7.64. The molecule has 0 bridgehead atoms. The van der Waals surface area contributed by atoms with Gasteiger partial charge in [0.05, 0.1) is 19.4 Å². The lowest BCUT2D eigenvalue weighted by atomic mass is 10.1. The lowest BCUT2D eigenvalue weighted by Crippen LogP contribution is -2.19. The van der Waals surface area contributed by atoms with E-state index in [0.717, 1.165) is 29.3 Å². The lowest BCUT2D eigenvalue weighted by molar-refractivity contribution is 0.310. The molecule has 1 aromatic heterocycles. The van der Waals surface area contributed by atoms with Gasteiger partial charge in [0.25, 0.3) is 0 Å². The third kappa shape index (κ3) is 4.20. The van der Waals surface area contributed by atoms with Crippen molar-refractivity contribution in [2.24, 2.45) is 0 Å². The van der Waals surface area contributed by atoms with E-state index in [1.165, 1.54) is 0 Å². The average molecular weight is 286 g/mol. The molecule has 0 spiro atoms. The average Bonchev–Trinajstić information content (AvgIpc) is 2.54. The predicted molar refractivity (Wildman–Crippen MR) is 83.7 cm³/mol. The molecular weight excluding hydrogens is 264 g/mol. The number of rotatable bonds is 7. The fourth-order valence-electron chi connectivity index (χ4n) is 2.10.